The molecule has 2 amide bonds. The first kappa shape index (κ1) is 23.3. The summed E-state index contributed by atoms with van der Waals surface area (Å²) in [7, 11) is 1.64. The van der Waals surface area contributed by atoms with E-state index in [9.17, 15) is 18.4 Å². The minimum Gasteiger partial charge on any atom is -0.433 e. The molecule has 1 unspecified atom stereocenters. The molecule has 8 heteroatoms. The Kier molecular flexibility index (Phi) is 7.88. The normalized spacial score (nSPS) is 12.0. The van der Waals surface area contributed by atoms with E-state index in [1.807, 2.05) is 32.9 Å². The summed E-state index contributed by atoms with van der Waals surface area (Å²) < 4.78 is 29.5. The summed E-state index contributed by atoms with van der Waals surface area (Å²) in [4.78, 5) is 26.6. The largest absolute Gasteiger partial charge is 0.433 e. The molecule has 2 aromatic rings. The van der Waals surface area contributed by atoms with Crippen molar-refractivity contribution in [2.45, 2.75) is 40.3 Å². The van der Waals surface area contributed by atoms with Crippen LogP contribution in [0.5, 0.6) is 5.75 Å². The lowest BCUT2D eigenvalue weighted by Gasteiger charge is -2.24. The highest BCUT2D eigenvalue weighted by Crippen LogP contribution is 2.26. The van der Waals surface area contributed by atoms with E-state index >= 15 is 0 Å². The third kappa shape index (κ3) is 6.25. The van der Waals surface area contributed by atoms with E-state index in [2.05, 4.69) is 15.4 Å². The lowest BCUT2D eigenvalue weighted by molar-refractivity contribution is -0.122. The number of hydrogen-bond donors (Lipinski definition) is 2. The van der Waals surface area contributed by atoms with Crippen molar-refractivity contribution in [3.63, 3.8) is 0 Å². The van der Waals surface area contributed by atoms with Crippen molar-refractivity contribution < 1.29 is 23.1 Å². The molecule has 0 radical (unpaired) electrons. The highest BCUT2D eigenvalue weighted by Gasteiger charge is 2.22. The highest BCUT2D eigenvalue weighted by atomic mass is 19.3. The molecule has 0 fully saturated rings. The molecular formula is C22H27F2N3O3. The van der Waals surface area contributed by atoms with Crippen LogP contribution in [0, 0.1) is 20.8 Å². The fraction of sp³-hybridized carbons (Fsp3) is 0.364. The highest BCUT2D eigenvalue weighted by molar-refractivity contribution is 5.97. The number of carbonyl (C=O) groups excluding carboxylic acids is 2. The van der Waals surface area contributed by atoms with Gasteiger partial charge in [-0.1, -0.05) is 29.8 Å². The van der Waals surface area contributed by atoms with Gasteiger partial charge in [0, 0.05) is 5.69 Å². The predicted octanol–water partition coefficient (Wildman–Crippen LogP) is 4.11. The van der Waals surface area contributed by atoms with Crippen LogP contribution < -0.4 is 15.4 Å². The van der Waals surface area contributed by atoms with E-state index in [0.29, 0.717) is 0 Å². The molecule has 0 aliphatic carbocycles. The number of halogens is 2. The number of para-hydroxylation sites is 2. The average Bonchev–Trinajstić information content (AvgIpc) is 2.65. The van der Waals surface area contributed by atoms with E-state index in [1.165, 1.54) is 18.2 Å². The van der Waals surface area contributed by atoms with Crippen molar-refractivity contribution in [2.75, 3.05) is 24.2 Å². The Balaban J connectivity index is 2.00. The molecule has 2 rings (SSSR count). The predicted molar refractivity (Wildman–Crippen MR) is 113 cm³/mol. The van der Waals surface area contributed by atoms with Gasteiger partial charge >= 0.3 is 6.61 Å². The standard InChI is InChI=1S/C22H27F2N3O3/c1-13-10-14(2)20(15(3)11-13)26-19(28)12-27(5)16(4)21(29)25-17-8-6-7-9-18(17)30-22(23)24/h6-11,16,22H,12H2,1-5H3,(H,25,29)(H,26,28). The van der Waals surface area contributed by atoms with Crippen LogP contribution in [0.1, 0.15) is 23.6 Å². The summed E-state index contributed by atoms with van der Waals surface area (Å²) in [5, 5.41) is 5.47. The lowest BCUT2D eigenvalue weighted by atomic mass is 10.1. The zero-order valence-corrected chi connectivity index (χ0v) is 17.8. The van der Waals surface area contributed by atoms with Crippen LogP contribution in [0.2, 0.25) is 0 Å². The summed E-state index contributed by atoms with van der Waals surface area (Å²) in [5.74, 6) is -0.828. The van der Waals surface area contributed by atoms with Crippen molar-refractivity contribution in [3.05, 3.63) is 53.1 Å². The molecule has 0 spiro atoms. The fourth-order valence-corrected chi connectivity index (χ4v) is 3.13. The van der Waals surface area contributed by atoms with Gasteiger partial charge in [-0.2, -0.15) is 8.78 Å². The summed E-state index contributed by atoms with van der Waals surface area (Å²) in [5.41, 5.74) is 3.93. The number of rotatable bonds is 8. The number of amides is 2. The van der Waals surface area contributed by atoms with Crippen LogP contribution in [-0.2, 0) is 9.59 Å². The van der Waals surface area contributed by atoms with Crippen molar-refractivity contribution in [3.8, 4) is 5.75 Å². The number of nitrogens with zero attached hydrogens (tertiary/aromatic N) is 1. The second-order valence-corrected chi connectivity index (χ2v) is 7.28. The molecule has 30 heavy (non-hydrogen) atoms. The van der Waals surface area contributed by atoms with Crippen molar-refractivity contribution >= 4 is 23.2 Å². The van der Waals surface area contributed by atoms with Gasteiger partial charge in [0.05, 0.1) is 18.3 Å². The van der Waals surface area contributed by atoms with Gasteiger partial charge in [0.2, 0.25) is 11.8 Å². The maximum atomic E-state index is 12.5. The van der Waals surface area contributed by atoms with Gasteiger partial charge in [0.25, 0.3) is 0 Å². The summed E-state index contributed by atoms with van der Waals surface area (Å²) in [6, 6.07) is 9.23. The Morgan fingerprint density at radius 2 is 1.67 bits per heavy atom. The quantitative estimate of drug-likeness (QED) is 0.676. The first-order chi connectivity index (χ1) is 14.1. The molecule has 0 saturated heterocycles. The maximum Gasteiger partial charge on any atom is 0.387 e. The fourth-order valence-electron chi connectivity index (χ4n) is 3.13. The smallest absolute Gasteiger partial charge is 0.387 e. The van der Waals surface area contributed by atoms with Crippen molar-refractivity contribution in [1.82, 2.24) is 4.90 Å². The zero-order chi connectivity index (χ0) is 22.4. The first-order valence-corrected chi connectivity index (χ1v) is 9.51. The zero-order valence-electron chi connectivity index (χ0n) is 17.8. The molecule has 0 heterocycles. The summed E-state index contributed by atoms with van der Waals surface area (Å²) in [6.45, 7) is 4.45. The van der Waals surface area contributed by atoms with E-state index < -0.39 is 18.6 Å². The van der Waals surface area contributed by atoms with Gasteiger partial charge in [-0.05, 0) is 58.0 Å². The Bertz CT molecular complexity index is 895. The molecule has 162 valence electrons. The second-order valence-electron chi connectivity index (χ2n) is 7.28. The summed E-state index contributed by atoms with van der Waals surface area (Å²) >= 11 is 0. The van der Waals surface area contributed by atoms with Crippen LogP contribution in [0.4, 0.5) is 20.2 Å². The van der Waals surface area contributed by atoms with E-state index in [1.54, 1.807) is 24.9 Å². The first-order valence-electron chi connectivity index (χ1n) is 9.51. The number of nitrogens with one attached hydrogen (secondary N) is 2. The Hall–Kier alpha value is -3.00. The number of anilines is 2. The third-order valence-electron chi connectivity index (χ3n) is 4.74. The average molecular weight is 419 g/mol. The SMILES string of the molecule is Cc1cc(C)c(NC(=O)CN(C)C(C)C(=O)Nc2ccccc2OC(F)F)c(C)c1. The number of benzene rings is 2. The number of likely N-dealkylation sites (N-methyl/N-ethyl adjacent to an activating group) is 1. The molecule has 0 saturated carbocycles. The minimum atomic E-state index is -3.00. The van der Waals surface area contributed by atoms with Crippen LogP contribution in [0.15, 0.2) is 36.4 Å². The molecule has 2 aromatic carbocycles. The molecule has 0 aromatic heterocycles. The number of alkyl halides is 2. The molecule has 0 bridgehead atoms. The maximum absolute atomic E-state index is 12.5. The Morgan fingerprint density at radius 3 is 2.27 bits per heavy atom. The van der Waals surface area contributed by atoms with Crippen LogP contribution in [0.3, 0.4) is 0 Å². The van der Waals surface area contributed by atoms with Crippen LogP contribution in [-0.4, -0.2) is 43.0 Å². The van der Waals surface area contributed by atoms with Gasteiger partial charge < -0.3 is 15.4 Å². The Morgan fingerprint density at radius 1 is 1.07 bits per heavy atom. The number of hydrogen-bond acceptors (Lipinski definition) is 4. The van der Waals surface area contributed by atoms with E-state index in [4.69, 9.17) is 0 Å². The second kappa shape index (κ2) is 10.2. The van der Waals surface area contributed by atoms with Gasteiger partial charge in [0.15, 0.2) is 0 Å². The topological polar surface area (TPSA) is 70.7 Å². The lowest BCUT2D eigenvalue weighted by Crippen LogP contribution is -2.43. The van der Waals surface area contributed by atoms with Gasteiger partial charge in [-0.3, -0.25) is 14.5 Å². The molecule has 6 nitrogen and oxygen atoms in total. The molecule has 2 N–H and O–H groups in total. The number of ether oxygens (including phenoxy) is 1. The van der Waals surface area contributed by atoms with E-state index in [0.717, 1.165) is 22.4 Å². The van der Waals surface area contributed by atoms with E-state index in [-0.39, 0.29) is 23.9 Å². The van der Waals surface area contributed by atoms with Gasteiger partial charge in [-0.15, -0.1) is 0 Å². The van der Waals surface area contributed by atoms with Crippen LogP contribution >= 0.6 is 0 Å². The summed E-state index contributed by atoms with van der Waals surface area (Å²) in [6.07, 6.45) is 0. The number of carbonyl (C=O) groups is 2. The van der Waals surface area contributed by atoms with Crippen LogP contribution in [0.25, 0.3) is 0 Å². The Labute approximate surface area is 175 Å². The molecule has 1 atom stereocenters. The van der Waals surface area contributed by atoms with Gasteiger partial charge in [-0.25, -0.2) is 0 Å². The molecule has 0 aliphatic rings. The van der Waals surface area contributed by atoms with Crippen molar-refractivity contribution in [1.29, 1.82) is 0 Å². The monoisotopic (exact) mass is 419 g/mol. The number of aryl methyl sites for hydroxylation is 3. The molecule has 0 aliphatic heterocycles. The van der Waals surface area contributed by atoms with Gasteiger partial charge in [0.1, 0.15) is 5.75 Å². The van der Waals surface area contributed by atoms with Crippen molar-refractivity contribution in [2.24, 2.45) is 0 Å². The molecular weight excluding hydrogens is 392 g/mol. The minimum absolute atomic E-state index is 0.0173. The third-order valence-corrected chi connectivity index (χ3v) is 4.74.